The molecule has 148 valence electrons. The first-order chi connectivity index (χ1) is 13.4. The summed E-state index contributed by atoms with van der Waals surface area (Å²) in [5, 5.41) is 0. The van der Waals surface area contributed by atoms with Crippen molar-refractivity contribution >= 4 is 21.5 Å². The fourth-order valence-electron chi connectivity index (χ4n) is 3.23. The molecule has 0 aliphatic carbocycles. The van der Waals surface area contributed by atoms with Crippen LogP contribution in [0.15, 0.2) is 59.5 Å². The van der Waals surface area contributed by atoms with Gasteiger partial charge < -0.3 is 9.64 Å². The van der Waals surface area contributed by atoms with Crippen molar-refractivity contribution < 1.29 is 22.7 Å². The van der Waals surface area contributed by atoms with Crippen molar-refractivity contribution in [3.63, 3.8) is 0 Å². The Labute approximate surface area is 165 Å². The Morgan fingerprint density at radius 2 is 1.61 bits per heavy atom. The Bertz CT molecular complexity index is 933. The first-order valence-electron chi connectivity index (χ1n) is 9.11. The number of sulfone groups is 1. The van der Waals surface area contributed by atoms with Gasteiger partial charge in [-0.15, -0.1) is 0 Å². The Kier molecular flexibility index (Phi) is 6.26. The average Bonchev–Trinajstić information content (AvgIpc) is 2.72. The van der Waals surface area contributed by atoms with E-state index in [4.69, 9.17) is 4.74 Å². The molecule has 0 unspecified atom stereocenters. The van der Waals surface area contributed by atoms with Gasteiger partial charge in [-0.2, -0.15) is 0 Å². The first-order valence-corrected chi connectivity index (χ1v) is 11.0. The Morgan fingerprint density at radius 3 is 2.18 bits per heavy atom. The fraction of sp³-hybridized carbons (Fsp3) is 0.333. The van der Waals surface area contributed by atoms with Gasteiger partial charge in [-0.3, -0.25) is 9.59 Å². The van der Waals surface area contributed by atoms with Crippen LogP contribution in [0.4, 0.5) is 0 Å². The summed E-state index contributed by atoms with van der Waals surface area (Å²) in [6.45, 7) is 1.91. The largest absolute Gasteiger partial charge is 0.378 e. The van der Waals surface area contributed by atoms with Crippen LogP contribution in [-0.2, 0) is 19.4 Å². The maximum Gasteiger partial charge on any atom is 0.230 e. The van der Waals surface area contributed by atoms with Gasteiger partial charge >= 0.3 is 0 Å². The zero-order valence-corrected chi connectivity index (χ0v) is 16.5. The molecule has 3 rings (SSSR count). The molecule has 2 aromatic rings. The molecule has 1 aliphatic rings. The highest BCUT2D eigenvalue weighted by atomic mass is 32.2. The standard InChI is InChI=1S/C21H23NO5S/c1-28(25,26)18-9-7-16(8-10-18)19(21(24)22-11-13-27-14-12-22)15-20(23)17-5-3-2-4-6-17/h2-10,19H,11-15H2,1H3/t19-/m1/s1. The van der Waals surface area contributed by atoms with E-state index >= 15 is 0 Å². The van der Waals surface area contributed by atoms with Crippen molar-refractivity contribution in [1.82, 2.24) is 4.90 Å². The van der Waals surface area contributed by atoms with Gasteiger partial charge in [0.2, 0.25) is 5.91 Å². The van der Waals surface area contributed by atoms with Crippen LogP contribution in [-0.4, -0.2) is 57.6 Å². The lowest BCUT2D eigenvalue weighted by Gasteiger charge is -2.30. The second-order valence-corrected chi connectivity index (χ2v) is 8.84. The number of morpholine rings is 1. The summed E-state index contributed by atoms with van der Waals surface area (Å²) in [5.74, 6) is -0.932. The molecule has 7 heteroatoms. The van der Waals surface area contributed by atoms with Crippen LogP contribution in [0.25, 0.3) is 0 Å². The topological polar surface area (TPSA) is 80.8 Å². The number of benzene rings is 2. The molecule has 6 nitrogen and oxygen atoms in total. The van der Waals surface area contributed by atoms with E-state index in [0.29, 0.717) is 37.4 Å². The third-order valence-electron chi connectivity index (χ3n) is 4.82. The van der Waals surface area contributed by atoms with Gasteiger partial charge in [0, 0.05) is 31.3 Å². The maximum atomic E-state index is 13.1. The SMILES string of the molecule is CS(=O)(=O)c1ccc([C@@H](CC(=O)c2ccccc2)C(=O)N2CCOCC2)cc1. The van der Waals surface area contributed by atoms with Crippen molar-refractivity contribution in [3.8, 4) is 0 Å². The van der Waals surface area contributed by atoms with Crippen LogP contribution < -0.4 is 0 Å². The van der Waals surface area contributed by atoms with Gasteiger partial charge in [0.25, 0.3) is 0 Å². The predicted octanol–water partition coefficient (Wildman–Crippen LogP) is 2.31. The van der Waals surface area contributed by atoms with Crippen molar-refractivity contribution in [2.75, 3.05) is 32.6 Å². The van der Waals surface area contributed by atoms with Crippen LogP contribution in [0.1, 0.15) is 28.3 Å². The fourth-order valence-corrected chi connectivity index (χ4v) is 3.86. The van der Waals surface area contributed by atoms with E-state index in [-0.39, 0.29) is 23.0 Å². The van der Waals surface area contributed by atoms with Crippen molar-refractivity contribution in [3.05, 3.63) is 65.7 Å². The van der Waals surface area contributed by atoms with Crippen molar-refractivity contribution in [2.24, 2.45) is 0 Å². The molecule has 0 aromatic heterocycles. The molecular weight excluding hydrogens is 378 g/mol. The highest BCUT2D eigenvalue weighted by Gasteiger charge is 2.29. The van der Waals surface area contributed by atoms with Gasteiger partial charge in [0.05, 0.1) is 24.0 Å². The van der Waals surface area contributed by atoms with Gasteiger partial charge in [-0.05, 0) is 17.7 Å². The molecular formula is C21H23NO5S. The average molecular weight is 401 g/mol. The molecule has 28 heavy (non-hydrogen) atoms. The van der Waals surface area contributed by atoms with Gasteiger partial charge in [-0.25, -0.2) is 8.42 Å². The van der Waals surface area contributed by atoms with Crippen LogP contribution in [0, 0.1) is 0 Å². The summed E-state index contributed by atoms with van der Waals surface area (Å²) < 4.78 is 28.7. The number of amides is 1. The number of nitrogens with zero attached hydrogens (tertiary/aromatic N) is 1. The summed E-state index contributed by atoms with van der Waals surface area (Å²) in [7, 11) is -3.33. The third kappa shape index (κ3) is 4.85. The van der Waals surface area contributed by atoms with E-state index in [2.05, 4.69) is 0 Å². The number of carbonyl (C=O) groups is 2. The number of ether oxygens (including phenoxy) is 1. The van der Waals surface area contributed by atoms with E-state index in [9.17, 15) is 18.0 Å². The van der Waals surface area contributed by atoms with Gasteiger partial charge in [0.15, 0.2) is 15.6 Å². The zero-order chi connectivity index (χ0) is 20.1. The minimum atomic E-state index is -3.33. The lowest BCUT2D eigenvalue weighted by Crippen LogP contribution is -2.43. The number of rotatable bonds is 6. The molecule has 0 radical (unpaired) electrons. The smallest absolute Gasteiger partial charge is 0.230 e. The number of Topliss-reactive ketones (excluding diaryl/α,β-unsaturated/α-hetero) is 1. The quantitative estimate of drug-likeness (QED) is 0.694. The van der Waals surface area contributed by atoms with Gasteiger partial charge in [0.1, 0.15) is 0 Å². The minimum Gasteiger partial charge on any atom is -0.378 e. The highest BCUT2D eigenvalue weighted by Crippen LogP contribution is 2.26. The van der Waals surface area contributed by atoms with Crippen LogP contribution in [0.2, 0.25) is 0 Å². The van der Waals surface area contributed by atoms with Gasteiger partial charge in [-0.1, -0.05) is 42.5 Å². The van der Waals surface area contributed by atoms with Crippen LogP contribution in [0.3, 0.4) is 0 Å². The lowest BCUT2D eigenvalue weighted by atomic mass is 9.90. The number of ketones is 1. The number of carbonyl (C=O) groups excluding carboxylic acids is 2. The molecule has 1 fully saturated rings. The molecule has 1 heterocycles. The maximum absolute atomic E-state index is 13.1. The molecule has 1 saturated heterocycles. The minimum absolute atomic E-state index is 0.0262. The molecule has 0 saturated carbocycles. The summed E-state index contributed by atoms with van der Waals surface area (Å²) in [5.41, 5.74) is 1.18. The van der Waals surface area contributed by atoms with E-state index in [1.165, 1.54) is 12.1 Å². The van der Waals surface area contributed by atoms with Crippen LogP contribution in [0.5, 0.6) is 0 Å². The summed E-state index contributed by atoms with van der Waals surface area (Å²) in [4.78, 5) is 27.8. The third-order valence-corrected chi connectivity index (χ3v) is 5.95. The molecule has 0 N–H and O–H groups in total. The number of hydrogen-bond acceptors (Lipinski definition) is 5. The Hall–Kier alpha value is -2.51. The lowest BCUT2D eigenvalue weighted by molar-refractivity contribution is -0.136. The van der Waals surface area contributed by atoms with Crippen LogP contribution >= 0.6 is 0 Å². The second-order valence-electron chi connectivity index (χ2n) is 6.82. The molecule has 1 atom stereocenters. The monoisotopic (exact) mass is 401 g/mol. The second kappa shape index (κ2) is 8.67. The van der Waals surface area contributed by atoms with E-state index < -0.39 is 15.8 Å². The van der Waals surface area contributed by atoms with E-state index in [1.807, 2.05) is 6.07 Å². The number of hydrogen-bond donors (Lipinski definition) is 0. The zero-order valence-electron chi connectivity index (χ0n) is 15.7. The Balaban J connectivity index is 1.89. The normalized spacial score (nSPS) is 15.8. The first kappa shape index (κ1) is 20.2. The predicted molar refractivity (Wildman–Crippen MR) is 105 cm³/mol. The molecule has 2 aromatic carbocycles. The van der Waals surface area contributed by atoms with Crippen molar-refractivity contribution in [2.45, 2.75) is 17.2 Å². The van der Waals surface area contributed by atoms with E-state index in [1.54, 1.807) is 41.3 Å². The molecule has 1 aliphatic heterocycles. The summed E-state index contributed by atoms with van der Waals surface area (Å²) >= 11 is 0. The summed E-state index contributed by atoms with van der Waals surface area (Å²) in [6, 6.07) is 15.1. The van der Waals surface area contributed by atoms with E-state index in [0.717, 1.165) is 6.26 Å². The summed E-state index contributed by atoms with van der Waals surface area (Å²) in [6.07, 6.45) is 1.16. The van der Waals surface area contributed by atoms with Crippen molar-refractivity contribution in [1.29, 1.82) is 0 Å². The molecule has 0 spiro atoms. The molecule has 1 amide bonds. The molecule has 0 bridgehead atoms. The highest BCUT2D eigenvalue weighted by molar-refractivity contribution is 7.90. The Morgan fingerprint density at radius 1 is 1.00 bits per heavy atom.